The number of rotatable bonds is 6. The maximum absolute atomic E-state index is 12.3. The van der Waals surface area contributed by atoms with Crippen LogP contribution >= 0.6 is 11.8 Å². The third-order valence-corrected chi connectivity index (χ3v) is 4.71. The van der Waals surface area contributed by atoms with Gasteiger partial charge in [-0.2, -0.15) is 4.68 Å². The SMILES string of the molecule is CCc1ccccc1NC(=O)CSc1nnnn1-c1ccccc1C. The second-order valence-corrected chi connectivity index (χ2v) is 6.45. The van der Waals surface area contributed by atoms with Crippen molar-refractivity contribution >= 4 is 23.4 Å². The monoisotopic (exact) mass is 353 g/mol. The van der Waals surface area contributed by atoms with Gasteiger partial charge in [0, 0.05) is 5.69 Å². The number of hydrogen-bond acceptors (Lipinski definition) is 5. The number of aryl methyl sites for hydroxylation is 2. The van der Waals surface area contributed by atoms with E-state index >= 15 is 0 Å². The zero-order valence-corrected chi connectivity index (χ0v) is 15.0. The van der Waals surface area contributed by atoms with Gasteiger partial charge < -0.3 is 5.32 Å². The number of para-hydroxylation sites is 2. The summed E-state index contributed by atoms with van der Waals surface area (Å²) in [5.74, 6) is 0.162. The zero-order valence-electron chi connectivity index (χ0n) is 14.1. The maximum atomic E-state index is 12.3. The molecule has 0 bridgehead atoms. The van der Waals surface area contributed by atoms with Crippen molar-refractivity contribution in [2.45, 2.75) is 25.4 Å². The molecule has 0 atom stereocenters. The number of tetrazole rings is 1. The van der Waals surface area contributed by atoms with Gasteiger partial charge in [0.25, 0.3) is 0 Å². The fourth-order valence-corrected chi connectivity index (χ4v) is 3.17. The Bertz CT molecular complexity index is 877. The van der Waals surface area contributed by atoms with Crippen molar-refractivity contribution in [1.29, 1.82) is 0 Å². The van der Waals surface area contributed by atoms with Crippen molar-refractivity contribution in [2.24, 2.45) is 0 Å². The van der Waals surface area contributed by atoms with Crippen LogP contribution in [0.25, 0.3) is 5.69 Å². The Kier molecular flexibility index (Phi) is 5.45. The Morgan fingerprint density at radius 3 is 2.72 bits per heavy atom. The highest BCUT2D eigenvalue weighted by Crippen LogP contribution is 2.21. The second-order valence-electron chi connectivity index (χ2n) is 5.51. The van der Waals surface area contributed by atoms with Crippen LogP contribution in [-0.4, -0.2) is 31.9 Å². The zero-order chi connectivity index (χ0) is 17.6. The quantitative estimate of drug-likeness (QED) is 0.689. The van der Waals surface area contributed by atoms with Gasteiger partial charge in [-0.05, 0) is 47.0 Å². The van der Waals surface area contributed by atoms with Gasteiger partial charge in [0.05, 0.1) is 11.4 Å². The Balaban J connectivity index is 1.68. The van der Waals surface area contributed by atoms with E-state index in [-0.39, 0.29) is 11.7 Å². The topological polar surface area (TPSA) is 72.7 Å². The average Bonchev–Trinajstić information content (AvgIpc) is 3.09. The third kappa shape index (κ3) is 4.06. The Labute approximate surface area is 150 Å². The highest BCUT2D eigenvalue weighted by molar-refractivity contribution is 7.99. The third-order valence-electron chi connectivity index (χ3n) is 3.79. The highest BCUT2D eigenvalue weighted by Gasteiger charge is 2.13. The number of amides is 1. The number of nitrogens with zero attached hydrogens (tertiary/aromatic N) is 4. The second kappa shape index (κ2) is 7.94. The van der Waals surface area contributed by atoms with Crippen molar-refractivity contribution in [3.8, 4) is 5.69 Å². The molecule has 0 aliphatic rings. The molecule has 3 aromatic rings. The molecular weight excluding hydrogens is 334 g/mol. The van der Waals surface area contributed by atoms with Crippen LogP contribution in [0.2, 0.25) is 0 Å². The molecule has 1 aromatic heterocycles. The summed E-state index contributed by atoms with van der Waals surface area (Å²) in [6.07, 6.45) is 0.870. The predicted molar refractivity (Wildman–Crippen MR) is 99.1 cm³/mol. The van der Waals surface area contributed by atoms with E-state index < -0.39 is 0 Å². The summed E-state index contributed by atoms with van der Waals surface area (Å²) in [6.45, 7) is 4.07. The van der Waals surface area contributed by atoms with E-state index in [0.717, 1.165) is 28.9 Å². The first-order chi connectivity index (χ1) is 12.2. The highest BCUT2D eigenvalue weighted by atomic mass is 32.2. The molecule has 6 nitrogen and oxygen atoms in total. The van der Waals surface area contributed by atoms with Crippen molar-refractivity contribution in [3.63, 3.8) is 0 Å². The summed E-state index contributed by atoms with van der Waals surface area (Å²) in [7, 11) is 0. The molecule has 3 rings (SSSR count). The fraction of sp³-hybridized carbons (Fsp3) is 0.222. The normalized spacial score (nSPS) is 10.6. The number of carbonyl (C=O) groups excluding carboxylic acids is 1. The largest absolute Gasteiger partial charge is 0.325 e. The summed E-state index contributed by atoms with van der Waals surface area (Å²) in [6, 6.07) is 15.7. The molecule has 128 valence electrons. The van der Waals surface area contributed by atoms with Gasteiger partial charge in [-0.25, -0.2) is 0 Å². The van der Waals surface area contributed by atoms with Gasteiger partial charge >= 0.3 is 0 Å². The van der Waals surface area contributed by atoms with Crippen LogP contribution in [-0.2, 0) is 11.2 Å². The minimum atomic E-state index is -0.0785. The van der Waals surface area contributed by atoms with Crippen LogP contribution in [0.15, 0.2) is 53.7 Å². The smallest absolute Gasteiger partial charge is 0.234 e. The summed E-state index contributed by atoms with van der Waals surface area (Å²) < 4.78 is 1.66. The van der Waals surface area contributed by atoms with Gasteiger partial charge in [-0.3, -0.25) is 4.79 Å². The molecule has 1 amide bonds. The van der Waals surface area contributed by atoms with Crippen molar-refractivity contribution in [1.82, 2.24) is 20.2 Å². The molecule has 0 aliphatic carbocycles. The molecule has 0 radical (unpaired) electrons. The molecule has 7 heteroatoms. The van der Waals surface area contributed by atoms with Gasteiger partial charge in [0.2, 0.25) is 11.1 Å². The van der Waals surface area contributed by atoms with E-state index in [9.17, 15) is 4.79 Å². The molecule has 0 saturated carbocycles. The molecule has 0 fully saturated rings. The van der Waals surface area contributed by atoms with Crippen LogP contribution in [0.1, 0.15) is 18.1 Å². The fourth-order valence-electron chi connectivity index (χ4n) is 2.49. The van der Waals surface area contributed by atoms with Crippen LogP contribution in [0.5, 0.6) is 0 Å². The van der Waals surface area contributed by atoms with E-state index in [2.05, 4.69) is 27.8 Å². The first-order valence-corrected chi connectivity index (χ1v) is 9.02. The van der Waals surface area contributed by atoms with E-state index in [0.29, 0.717) is 5.16 Å². The molecule has 1 heterocycles. The van der Waals surface area contributed by atoms with Gasteiger partial charge in [0.15, 0.2) is 0 Å². The lowest BCUT2D eigenvalue weighted by atomic mass is 10.1. The van der Waals surface area contributed by atoms with Crippen LogP contribution in [0, 0.1) is 6.92 Å². The molecule has 2 aromatic carbocycles. The average molecular weight is 353 g/mol. The van der Waals surface area contributed by atoms with Crippen LogP contribution in [0.3, 0.4) is 0 Å². The van der Waals surface area contributed by atoms with Crippen molar-refractivity contribution in [3.05, 3.63) is 59.7 Å². The lowest BCUT2D eigenvalue weighted by Gasteiger charge is -2.10. The first-order valence-electron chi connectivity index (χ1n) is 8.04. The number of benzene rings is 2. The number of thioether (sulfide) groups is 1. The molecule has 0 unspecified atom stereocenters. The molecule has 0 spiro atoms. The summed E-state index contributed by atoms with van der Waals surface area (Å²) in [4.78, 5) is 12.3. The molecule has 1 N–H and O–H groups in total. The summed E-state index contributed by atoms with van der Waals surface area (Å²) >= 11 is 1.31. The standard InChI is InChI=1S/C18H19N5OS/c1-3-14-9-5-6-10-15(14)19-17(24)12-25-18-20-21-22-23(18)16-11-7-4-8-13(16)2/h4-11H,3,12H2,1-2H3,(H,19,24). The number of hydrogen-bond donors (Lipinski definition) is 1. The minimum absolute atomic E-state index is 0.0785. The summed E-state index contributed by atoms with van der Waals surface area (Å²) in [5.41, 5.74) is 3.95. The lowest BCUT2D eigenvalue weighted by Crippen LogP contribution is -2.15. The Morgan fingerprint density at radius 1 is 1.16 bits per heavy atom. The van der Waals surface area contributed by atoms with Gasteiger partial charge in [-0.1, -0.05) is 55.1 Å². The van der Waals surface area contributed by atoms with Crippen LogP contribution in [0.4, 0.5) is 5.69 Å². The van der Waals surface area contributed by atoms with Gasteiger partial charge in [0.1, 0.15) is 0 Å². The number of carbonyl (C=O) groups is 1. The van der Waals surface area contributed by atoms with E-state index in [1.54, 1.807) is 4.68 Å². The summed E-state index contributed by atoms with van der Waals surface area (Å²) in [5, 5.41) is 15.4. The van der Waals surface area contributed by atoms with E-state index in [4.69, 9.17) is 0 Å². The van der Waals surface area contributed by atoms with E-state index in [1.807, 2.05) is 55.5 Å². The van der Waals surface area contributed by atoms with Gasteiger partial charge in [-0.15, -0.1) is 5.10 Å². The molecular formula is C18H19N5OS. The Hall–Kier alpha value is -2.67. The minimum Gasteiger partial charge on any atom is -0.325 e. The predicted octanol–water partition coefficient (Wildman–Crippen LogP) is 3.26. The molecule has 25 heavy (non-hydrogen) atoms. The lowest BCUT2D eigenvalue weighted by molar-refractivity contribution is -0.113. The van der Waals surface area contributed by atoms with E-state index in [1.165, 1.54) is 11.8 Å². The number of aromatic nitrogens is 4. The number of nitrogens with one attached hydrogen (secondary N) is 1. The molecule has 0 saturated heterocycles. The molecule has 0 aliphatic heterocycles. The first kappa shape index (κ1) is 17.2. The Morgan fingerprint density at radius 2 is 1.92 bits per heavy atom. The number of anilines is 1. The maximum Gasteiger partial charge on any atom is 0.234 e. The van der Waals surface area contributed by atoms with Crippen molar-refractivity contribution < 1.29 is 4.79 Å². The van der Waals surface area contributed by atoms with Crippen LogP contribution < -0.4 is 5.32 Å². The van der Waals surface area contributed by atoms with Crippen molar-refractivity contribution in [2.75, 3.05) is 11.1 Å².